The van der Waals surface area contributed by atoms with Gasteiger partial charge in [-0.1, -0.05) is 52.9 Å². The maximum atomic E-state index is 2.45. The van der Waals surface area contributed by atoms with Crippen LogP contribution in [0.5, 0.6) is 0 Å². The molecule has 0 aromatic rings. The van der Waals surface area contributed by atoms with Crippen LogP contribution in [0.1, 0.15) is 59.3 Å². The topological polar surface area (TPSA) is 0 Å². The molecule has 0 heteroatoms. The zero-order valence-corrected chi connectivity index (χ0v) is 8.32. The zero-order chi connectivity index (χ0) is 8.32. The van der Waals surface area contributed by atoms with E-state index >= 15 is 0 Å². The number of hydrogen-bond acceptors (Lipinski definition) is 0. The normalized spacial score (nSPS) is 30.3. The lowest BCUT2D eigenvalue weighted by Crippen LogP contribution is -2.30. The Morgan fingerprint density at radius 1 is 1.18 bits per heavy atom. The third-order valence-electron chi connectivity index (χ3n) is 4.02. The van der Waals surface area contributed by atoms with Crippen molar-refractivity contribution in [1.82, 2.24) is 0 Å². The van der Waals surface area contributed by atoms with E-state index in [2.05, 4.69) is 20.8 Å². The van der Waals surface area contributed by atoms with Gasteiger partial charge in [0.15, 0.2) is 0 Å². The van der Waals surface area contributed by atoms with E-state index in [1.54, 1.807) is 0 Å². The first kappa shape index (κ1) is 9.09. The minimum absolute atomic E-state index is 0.720. The van der Waals surface area contributed by atoms with Crippen LogP contribution in [0.15, 0.2) is 0 Å². The van der Waals surface area contributed by atoms with Crippen LogP contribution in [-0.4, -0.2) is 0 Å². The summed E-state index contributed by atoms with van der Waals surface area (Å²) in [4.78, 5) is 0. The summed E-state index contributed by atoms with van der Waals surface area (Å²) in [6.07, 6.45) is 8.70. The zero-order valence-electron chi connectivity index (χ0n) is 8.32. The Bertz CT molecular complexity index is 111. The van der Waals surface area contributed by atoms with E-state index in [0.717, 1.165) is 11.3 Å². The fourth-order valence-electron chi connectivity index (χ4n) is 2.78. The van der Waals surface area contributed by atoms with Gasteiger partial charge in [-0.05, 0) is 17.8 Å². The summed E-state index contributed by atoms with van der Waals surface area (Å²) >= 11 is 0. The van der Waals surface area contributed by atoms with Gasteiger partial charge in [-0.25, -0.2) is 0 Å². The molecule has 0 saturated heterocycles. The molecule has 1 saturated carbocycles. The fourth-order valence-corrected chi connectivity index (χ4v) is 2.78. The van der Waals surface area contributed by atoms with Gasteiger partial charge in [-0.3, -0.25) is 0 Å². The van der Waals surface area contributed by atoms with Gasteiger partial charge in [0, 0.05) is 0 Å². The van der Waals surface area contributed by atoms with Gasteiger partial charge in [-0.15, -0.1) is 0 Å². The maximum Gasteiger partial charge on any atom is -0.0277 e. The molecular formula is C11H22. The van der Waals surface area contributed by atoms with Crippen molar-refractivity contribution >= 4 is 0 Å². The van der Waals surface area contributed by atoms with Crippen molar-refractivity contribution < 1.29 is 0 Å². The highest BCUT2D eigenvalue weighted by molar-refractivity contribution is 4.85. The van der Waals surface area contributed by atoms with Crippen LogP contribution in [-0.2, 0) is 0 Å². The summed E-state index contributed by atoms with van der Waals surface area (Å²) in [5.41, 5.74) is 0.720. The van der Waals surface area contributed by atoms with Crippen LogP contribution in [0, 0.1) is 11.3 Å². The Labute approximate surface area is 71.4 Å². The van der Waals surface area contributed by atoms with Gasteiger partial charge in [0.25, 0.3) is 0 Å². The molecule has 1 aliphatic carbocycles. The van der Waals surface area contributed by atoms with Gasteiger partial charge >= 0.3 is 0 Å². The van der Waals surface area contributed by atoms with E-state index in [0.29, 0.717) is 0 Å². The number of hydrogen-bond donors (Lipinski definition) is 0. The first-order chi connectivity index (χ1) is 5.25. The van der Waals surface area contributed by atoms with Gasteiger partial charge < -0.3 is 0 Å². The van der Waals surface area contributed by atoms with Crippen LogP contribution in [0.2, 0.25) is 0 Å². The summed E-state index contributed by atoms with van der Waals surface area (Å²) in [5, 5.41) is 0. The summed E-state index contributed by atoms with van der Waals surface area (Å²) in [6, 6.07) is 0. The molecule has 66 valence electrons. The molecule has 0 aliphatic heterocycles. The Kier molecular flexibility index (Phi) is 2.98. The molecule has 0 N–H and O–H groups in total. The molecule has 1 rings (SSSR count). The SMILES string of the molecule is CCC1(CC)CCCCC1C. The summed E-state index contributed by atoms with van der Waals surface area (Å²) in [7, 11) is 0. The maximum absolute atomic E-state index is 2.45. The van der Waals surface area contributed by atoms with Gasteiger partial charge in [0.05, 0.1) is 0 Å². The molecule has 1 unspecified atom stereocenters. The number of rotatable bonds is 2. The second kappa shape index (κ2) is 3.60. The van der Waals surface area contributed by atoms with E-state index in [4.69, 9.17) is 0 Å². The monoisotopic (exact) mass is 154 g/mol. The quantitative estimate of drug-likeness (QED) is 0.564. The van der Waals surface area contributed by atoms with Crippen LogP contribution >= 0.6 is 0 Å². The molecule has 0 aromatic carbocycles. The molecule has 0 radical (unpaired) electrons. The minimum Gasteiger partial charge on any atom is -0.0648 e. The summed E-state index contributed by atoms with van der Waals surface area (Å²) in [5.74, 6) is 0.978. The van der Waals surface area contributed by atoms with Crippen molar-refractivity contribution in [2.45, 2.75) is 59.3 Å². The van der Waals surface area contributed by atoms with E-state index in [-0.39, 0.29) is 0 Å². The van der Waals surface area contributed by atoms with E-state index in [1.165, 1.54) is 38.5 Å². The van der Waals surface area contributed by atoms with Crippen LogP contribution in [0.25, 0.3) is 0 Å². The Morgan fingerprint density at radius 2 is 1.82 bits per heavy atom. The van der Waals surface area contributed by atoms with Crippen molar-refractivity contribution in [3.8, 4) is 0 Å². The van der Waals surface area contributed by atoms with E-state index in [9.17, 15) is 0 Å². The van der Waals surface area contributed by atoms with Crippen LogP contribution < -0.4 is 0 Å². The van der Waals surface area contributed by atoms with Crippen molar-refractivity contribution in [3.05, 3.63) is 0 Å². The lowest BCUT2D eigenvalue weighted by atomic mass is 9.64. The first-order valence-electron chi connectivity index (χ1n) is 5.25. The van der Waals surface area contributed by atoms with Gasteiger partial charge in [0.2, 0.25) is 0 Å². The molecule has 1 atom stereocenters. The van der Waals surface area contributed by atoms with Crippen molar-refractivity contribution in [2.75, 3.05) is 0 Å². The Balaban J connectivity index is 2.61. The van der Waals surface area contributed by atoms with E-state index in [1.807, 2.05) is 0 Å². The lowest BCUT2D eigenvalue weighted by Gasteiger charge is -2.41. The molecule has 0 aromatic heterocycles. The predicted molar refractivity (Wildman–Crippen MR) is 50.6 cm³/mol. The highest BCUT2D eigenvalue weighted by atomic mass is 14.4. The molecule has 0 spiro atoms. The van der Waals surface area contributed by atoms with Crippen molar-refractivity contribution in [3.63, 3.8) is 0 Å². The summed E-state index contributed by atoms with van der Waals surface area (Å²) < 4.78 is 0. The van der Waals surface area contributed by atoms with Crippen LogP contribution in [0.3, 0.4) is 0 Å². The predicted octanol–water partition coefficient (Wildman–Crippen LogP) is 4.00. The minimum atomic E-state index is 0.720. The standard InChI is InChI=1S/C11H22/c1-4-11(5-2)9-7-6-8-10(11)3/h10H,4-9H2,1-3H3. The third kappa shape index (κ3) is 1.60. The Hall–Kier alpha value is 0. The molecule has 1 fully saturated rings. The molecule has 0 amide bonds. The summed E-state index contributed by atoms with van der Waals surface area (Å²) in [6.45, 7) is 7.18. The molecule has 0 bridgehead atoms. The first-order valence-corrected chi connectivity index (χ1v) is 5.25. The highest BCUT2D eigenvalue weighted by Crippen LogP contribution is 2.45. The van der Waals surface area contributed by atoms with Gasteiger partial charge in [-0.2, -0.15) is 0 Å². The smallest absolute Gasteiger partial charge is 0.0277 e. The third-order valence-corrected chi connectivity index (χ3v) is 4.02. The second-order valence-electron chi connectivity index (χ2n) is 4.22. The van der Waals surface area contributed by atoms with Crippen molar-refractivity contribution in [2.24, 2.45) is 11.3 Å². The average molecular weight is 154 g/mol. The van der Waals surface area contributed by atoms with Gasteiger partial charge in [0.1, 0.15) is 0 Å². The molecular weight excluding hydrogens is 132 g/mol. The highest BCUT2D eigenvalue weighted by Gasteiger charge is 2.34. The largest absolute Gasteiger partial charge is 0.0648 e. The van der Waals surface area contributed by atoms with Crippen LogP contribution in [0.4, 0.5) is 0 Å². The van der Waals surface area contributed by atoms with E-state index < -0.39 is 0 Å². The van der Waals surface area contributed by atoms with Crippen molar-refractivity contribution in [1.29, 1.82) is 0 Å². The second-order valence-corrected chi connectivity index (χ2v) is 4.22. The molecule has 1 aliphatic rings. The molecule has 0 nitrogen and oxygen atoms in total. The Morgan fingerprint density at radius 3 is 2.18 bits per heavy atom. The fraction of sp³-hybridized carbons (Fsp3) is 1.00. The lowest BCUT2D eigenvalue weighted by molar-refractivity contribution is 0.0961. The molecule has 0 heterocycles. The molecule has 11 heavy (non-hydrogen) atoms. The average Bonchev–Trinajstić information content (AvgIpc) is 2.06.